The Bertz CT molecular complexity index is 762. The van der Waals surface area contributed by atoms with E-state index in [4.69, 9.17) is 16.3 Å². The summed E-state index contributed by atoms with van der Waals surface area (Å²) in [6.07, 6.45) is 0. The Labute approximate surface area is 153 Å². The fraction of sp³-hybridized carbons (Fsp3) is 0.300. The molecular weight excluding hydrogens is 336 g/mol. The van der Waals surface area contributed by atoms with Gasteiger partial charge in [0, 0.05) is 5.02 Å². The Balaban J connectivity index is 1.90. The molecule has 0 aliphatic carbocycles. The minimum Gasteiger partial charge on any atom is -0.484 e. The second kappa shape index (κ2) is 8.17. The summed E-state index contributed by atoms with van der Waals surface area (Å²) in [5.74, 6) is 0.215. The number of amides is 1. The van der Waals surface area contributed by atoms with E-state index in [1.807, 2.05) is 19.1 Å². The van der Waals surface area contributed by atoms with Gasteiger partial charge in [0.05, 0.1) is 5.71 Å². The molecule has 0 aliphatic rings. The summed E-state index contributed by atoms with van der Waals surface area (Å²) in [7, 11) is 0. The van der Waals surface area contributed by atoms with E-state index in [0.717, 1.165) is 11.3 Å². The van der Waals surface area contributed by atoms with E-state index in [-0.39, 0.29) is 17.9 Å². The van der Waals surface area contributed by atoms with Gasteiger partial charge >= 0.3 is 0 Å². The molecule has 1 N–H and O–H groups in total. The molecule has 25 heavy (non-hydrogen) atoms. The molecule has 0 unspecified atom stereocenters. The van der Waals surface area contributed by atoms with Gasteiger partial charge < -0.3 is 4.74 Å². The maximum Gasteiger partial charge on any atom is 0.277 e. The van der Waals surface area contributed by atoms with Crippen LogP contribution in [0.2, 0.25) is 5.02 Å². The van der Waals surface area contributed by atoms with Crippen molar-refractivity contribution in [1.82, 2.24) is 5.43 Å². The molecule has 2 aromatic rings. The summed E-state index contributed by atoms with van der Waals surface area (Å²) in [4.78, 5) is 11.8. The number of carbonyl (C=O) groups excluding carboxylic acids is 1. The lowest BCUT2D eigenvalue weighted by molar-refractivity contribution is -0.123. The first-order chi connectivity index (χ1) is 11.8. The maximum atomic E-state index is 11.8. The first kappa shape index (κ1) is 19.0. The standard InChI is InChI=1S/C20H23ClN2O2/c1-14(15-8-10-16(11-9-15)20(2,3)4)22-23-19(24)13-25-18-7-5-6-17(21)12-18/h5-12H,13H2,1-4H3,(H,23,24)/b22-14+. The molecule has 0 bridgehead atoms. The highest BCUT2D eigenvalue weighted by Gasteiger charge is 2.13. The van der Waals surface area contributed by atoms with Gasteiger partial charge in [0.1, 0.15) is 5.75 Å². The third-order valence-electron chi connectivity index (χ3n) is 3.68. The minimum atomic E-state index is -0.328. The number of hydrazone groups is 1. The predicted octanol–water partition coefficient (Wildman–Crippen LogP) is 4.56. The molecule has 0 radical (unpaired) electrons. The van der Waals surface area contributed by atoms with E-state index in [2.05, 4.69) is 43.4 Å². The number of rotatable bonds is 5. The Kier molecular flexibility index (Phi) is 6.21. The number of carbonyl (C=O) groups is 1. The Morgan fingerprint density at radius 3 is 2.44 bits per heavy atom. The first-order valence-corrected chi connectivity index (χ1v) is 8.46. The van der Waals surface area contributed by atoms with Crippen molar-refractivity contribution in [3.8, 4) is 5.75 Å². The molecule has 0 fully saturated rings. The van der Waals surface area contributed by atoms with Crippen molar-refractivity contribution in [2.45, 2.75) is 33.1 Å². The summed E-state index contributed by atoms with van der Waals surface area (Å²) >= 11 is 5.87. The summed E-state index contributed by atoms with van der Waals surface area (Å²) < 4.78 is 5.37. The van der Waals surface area contributed by atoms with Gasteiger partial charge in [-0.2, -0.15) is 5.10 Å². The largest absolute Gasteiger partial charge is 0.484 e. The van der Waals surface area contributed by atoms with E-state index >= 15 is 0 Å². The fourth-order valence-corrected chi connectivity index (χ4v) is 2.34. The van der Waals surface area contributed by atoms with Gasteiger partial charge in [-0.15, -0.1) is 0 Å². The van der Waals surface area contributed by atoms with Gasteiger partial charge in [-0.3, -0.25) is 4.79 Å². The van der Waals surface area contributed by atoms with E-state index in [1.165, 1.54) is 5.56 Å². The van der Waals surface area contributed by atoms with Crippen LogP contribution in [0.5, 0.6) is 5.75 Å². The SMILES string of the molecule is C/C(=N\NC(=O)COc1cccc(Cl)c1)c1ccc(C(C)(C)C)cc1. The van der Waals surface area contributed by atoms with Crippen molar-refractivity contribution < 1.29 is 9.53 Å². The van der Waals surface area contributed by atoms with E-state index in [1.54, 1.807) is 24.3 Å². The summed E-state index contributed by atoms with van der Waals surface area (Å²) in [5, 5.41) is 4.69. The van der Waals surface area contributed by atoms with E-state index in [0.29, 0.717) is 10.8 Å². The highest BCUT2D eigenvalue weighted by atomic mass is 35.5. The zero-order valence-electron chi connectivity index (χ0n) is 15.0. The van der Waals surface area contributed by atoms with Gasteiger partial charge in [-0.1, -0.05) is 62.7 Å². The molecule has 2 rings (SSSR count). The molecular formula is C20H23ClN2O2. The Hall–Kier alpha value is -2.33. The Morgan fingerprint density at radius 2 is 1.84 bits per heavy atom. The molecule has 0 aliphatic heterocycles. The second-order valence-electron chi connectivity index (χ2n) is 6.81. The van der Waals surface area contributed by atoms with Crippen molar-refractivity contribution >= 4 is 23.2 Å². The molecule has 5 heteroatoms. The predicted molar refractivity (Wildman–Crippen MR) is 102 cm³/mol. The van der Waals surface area contributed by atoms with Crippen LogP contribution in [0, 0.1) is 0 Å². The molecule has 0 heterocycles. The normalized spacial score (nSPS) is 12.0. The summed E-state index contributed by atoms with van der Waals surface area (Å²) in [6.45, 7) is 8.24. The monoisotopic (exact) mass is 358 g/mol. The average molecular weight is 359 g/mol. The molecule has 0 atom stereocenters. The van der Waals surface area contributed by atoms with Crippen molar-refractivity contribution in [3.05, 3.63) is 64.7 Å². The lowest BCUT2D eigenvalue weighted by atomic mass is 9.86. The van der Waals surface area contributed by atoms with E-state index in [9.17, 15) is 4.79 Å². The van der Waals surface area contributed by atoms with Crippen LogP contribution in [0.1, 0.15) is 38.8 Å². The van der Waals surface area contributed by atoms with Crippen molar-refractivity contribution in [2.24, 2.45) is 5.10 Å². The van der Waals surface area contributed by atoms with Crippen LogP contribution >= 0.6 is 11.6 Å². The molecule has 1 amide bonds. The van der Waals surface area contributed by atoms with Gasteiger partial charge in [0.25, 0.3) is 5.91 Å². The Morgan fingerprint density at radius 1 is 1.16 bits per heavy atom. The number of benzene rings is 2. The molecule has 4 nitrogen and oxygen atoms in total. The van der Waals surface area contributed by atoms with Crippen molar-refractivity contribution in [1.29, 1.82) is 0 Å². The molecule has 0 saturated heterocycles. The maximum absolute atomic E-state index is 11.8. The van der Waals surface area contributed by atoms with E-state index < -0.39 is 0 Å². The van der Waals surface area contributed by atoms with Gasteiger partial charge in [0.15, 0.2) is 6.61 Å². The molecule has 0 aromatic heterocycles. The number of ether oxygens (including phenoxy) is 1. The lowest BCUT2D eigenvalue weighted by Crippen LogP contribution is -2.25. The van der Waals surface area contributed by atoms with Crippen molar-refractivity contribution in [2.75, 3.05) is 6.61 Å². The highest BCUT2D eigenvalue weighted by Crippen LogP contribution is 2.22. The minimum absolute atomic E-state index is 0.107. The van der Waals surface area contributed by atoms with Crippen LogP contribution in [0.3, 0.4) is 0 Å². The van der Waals surface area contributed by atoms with Gasteiger partial charge in [-0.05, 0) is 41.7 Å². The first-order valence-electron chi connectivity index (χ1n) is 8.08. The topological polar surface area (TPSA) is 50.7 Å². The van der Waals surface area contributed by atoms with Crippen LogP contribution in [0.15, 0.2) is 53.6 Å². The van der Waals surface area contributed by atoms with Crippen LogP contribution in [0.25, 0.3) is 0 Å². The zero-order chi connectivity index (χ0) is 18.4. The quantitative estimate of drug-likeness (QED) is 0.629. The lowest BCUT2D eigenvalue weighted by Gasteiger charge is -2.19. The average Bonchev–Trinajstić information content (AvgIpc) is 2.57. The second-order valence-corrected chi connectivity index (χ2v) is 7.24. The van der Waals surface area contributed by atoms with Crippen LogP contribution in [0.4, 0.5) is 0 Å². The summed E-state index contributed by atoms with van der Waals surface area (Å²) in [6, 6.07) is 15.1. The third-order valence-corrected chi connectivity index (χ3v) is 3.92. The molecule has 2 aromatic carbocycles. The van der Waals surface area contributed by atoms with Crippen LogP contribution < -0.4 is 10.2 Å². The van der Waals surface area contributed by atoms with Crippen LogP contribution in [-0.2, 0) is 10.2 Å². The van der Waals surface area contributed by atoms with Crippen molar-refractivity contribution in [3.63, 3.8) is 0 Å². The number of hydrogen-bond acceptors (Lipinski definition) is 3. The smallest absolute Gasteiger partial charge is 0.277 e. The highest BCUT2D eigenvalue weighted by molar-refractivity contribution is 6.30. The van der Waals surface area contributed by atoms with Gasteiger partial charge in [-0.25, -0.2) is 5.43 Å². The molecule has 0 saturated carbocycles. The number of hydrogen-bond donors (Lipinski definition) is 1. The molecule has 132 valence electrons. The van der Waals surface area contributed by atoms with Crippen LogP contribution in [-0.4, -0.2) is 18.2 Å². The number of nitrogens with zero attached hydrogens (tertiary/aromatic N) is 1. The van der Waals surface area contributed by atoms with Gasteiger partial charge in [0.2, 0.25) is 0 Å². The fourth-order valence-electron chi connectivity index (χ4n) is 2.16. The third kappa shape index (κ3) is 5.91. The number of nitrogens with one attached hydrogen (secondary N) is 1. The zero-order valence-corrected chi connectivity index (χ0v) is 15.7. The molecule has 0 spiro atoms. The summed E-state index contributed by atoms with van der Waals surface area (Å²) in [5.41, 5.74) is 5.56. The number of halogens is 1.